The van der Waals surface area contributed by atoms with Crippen molar-refractivity contribution in [3.8, 4) is 0 Å². The van der Waals surface area contributed by atoms with Gasteiger partial charge >= 0.3 is 0 Å². The minimum atomic E-state index is 0.880. The van der Waals surface area contributed by atoms with E-state index in [0.717, 1.165) is 5.92 Å². The number of likely N-dealkylation sites (N-methyl/N-ethyl adjacent to an activating group) is 1. The molecule has 1 atom stereocenters. The molecule has 1 unspecified atom stereocenters. The standard InChI is InChI=1S/C10H18N/c1-9(10-3-4-10)5-6-11(2)7-8-11/h3,9H,4-8H2,1-2H3/q+1. The Kier molecular flexibility index (Phi) is 1.57. The lowest BCUT2D eigenvalue weighted by atomic mass is 10.1. The monoisotopic (exact) mass is 152 g/mol. The third-order valence-electron chi connectivity index (χ3n) is 3.16. The Morgan fingerprint density at radius 1 is 1.55 bits per heavy atom. The highest BCUT2D eigenvalue weighted by Gasteiger charge is 2.36. The molecule has 2 aliphatic rings. The van der Waals surface area contributed by atoms with Crippen molar-refractivity contribution in [3.63, 3.8) is 0 Å². The number of hydrogen-bond acceptors (Lipinski definition) is 0. The molecule has 0 spiro atoms. The second-order valence-corrected chi connectivity index (χ2v) is 4.46. The average molecular weight is 152 g/mol. The SMILES string of the molecule is CC(CC[N+]1(C)CC1)C1=CC1. The van der Waals surface area contributed by atoms with Crippen LogP contribution in [0.15, 0.2) is 11.6 Å². The van der Waals surface area contributed by atoms with E-state index in [9.17, 15) is 0 Å². The first kappa shape index (κ1) is 7.35. The van der Waals surface area contributed by atoms with Gasteiger partial charge in [-0.3, -0.25) is 0 Å². The smallest absolute Gasteiger partial charge is 0.128 e. The summed E-state index contributed by atoms with van der Waals surface area (Å²) in [4.78, 5) is 0. The number of quaternary nitrogens is 1. The second kappa shape index (κ2) is 2.34. The fourth-order valence-electron chi connectivity index (χ4n) is 1.55. The first-order valence-electron chi connectivity index (χ1n) is 4.72. The Hall–Kier alpha value is -0.300. The van der Waals surface area contributed by atoms with Crippen LogP contribution < -0.4 is 0 Å². The summed E-state index contributed by atoms with van der Waals surface area (Å²) in [6, 6.07) is 0. The molecule has 1 saturated heterocycles. The Balaban J connectivity index is 1.69. The zero-order valence-corrected chi connectivity index (χ0v) is 7.64. The molecule has 0 saturated carbocycles. The Bertz CT molecular complexity index is 189. The maximum Gasteiger partial charge on any atom is 0.128 e. The van der Waals surface area contributed by atoms with Gasteiger partial charge in [0.05, 0.1) is 13.6 Å². The topological polar surface area (TPSA) is 0 Å². The maximum atomic E-state index is 2.37. The Morgan fingerprint density at radius 2 is 2.18 bits per heavy atom. The van der Waals surface area contributed by atoms with Gasteiger partial charge in [0.1, 0.15) is 13.1 Å². The van der Waals surface area contributed by atoms with Crippen LogP contribution in [0.25, 0.3) is 0 Å². The molecular weight excluding hydrogens is 134 g/mol. The van der Waals surface area contributed by atoms with Crippen LogP contribution in [0.2, 0.25) is 0 Å². The van der Waals surface area contributed by atoms with Gasteiger partial charge in [-0.05, 0) is 12.3 Å². The average Bonchev–Trinajstić information content (AvgIpc) is 2.76. The van der Waals surface area contributed by atoms with Gasteiger partial charge in [0, 0.05) is 6.42 Å². The van der Waals surface area contributed by atoms with E-state index in [1.54, 1.807) is 5.57 Å². The largest absolute Gasteiger partial charge is 0.317 e. The molecule has 0 aromatic heterocycles. The normalized spacial score (nSPS) is 27.6. The Morgan fingerprint density at radius 3 is 2.64 bits per heavy atom. The van der Waals surface area contributed by atoms with E-state index in [-0.39, 0.29) is 0 Å². The summed E-state index contributed by atoms with van der Waals surface area (Å²) >= 11 is 0. The summed E-state index contributed by atoms with van der Waals surface area (Å²) < 4.78 is 1.34. The minimum Gasteiger partial charge on any atom is -0.317 e. The maximum absolute atomic E-state index is 2.37. The molecule has 1 nitrogen and oxygen atoms in total. The molecule has 1 heteroatoms. The van der Waals surface area contributed by atoms with E-state index in [1.165, 1.54) is 37.0 Å². The van der Waals surface area contributed by atoms with Crippen LogP contribution in [0.1, 0.15) is 19.8 Å². The molecule has 2 rings (SSSR count). The number of nitrogens with zero attached hydrogens (tertiary/aromatic N) is 1. The minimum absolute atomic E-state index is 0.880. The van der Waals surface area contributed by atoms with Gasteiger partial charge in [0.2, 0.25) is 0 Å². The van der Waals surface area contributed by atoms with E-state index in [0.29, 0.717) is 0 Å². The van der Waals surface area contributed by atoms with Crippen molar-refractivity contribution in [1.29, 1.82) is 0 Å². The highest BCUT2D eigenvalue weighted by molar-refractivity contribution is 5.23. The van der Waals surface area contributed by atoms with Crippen LogP contribution in [0.5, 0.6) is 0 Å². The van der Waals surface area contributed by atoms with Crippen molar-refractivity contribution in [2.24, 2.45) is 5.92 Å². The van der Waals surface area contributed by atoms with E-state index in [1.807, 2.05) is 0 Å². The Labute approximate surface area is 69.3 Å². The molecule has 1 heterocycles. The van der Waals surface area contributed by atoms with Gasteiger partial charge in [0.15, 0.2) is 0 Å². The molecule has 0 aromatic rings. The fraction of sp³-hybridized carbons (Fsp3) is 0.800. The van der Waals surface area contributed by atoms with Crippen LogP contribution in [-0.4, -0.2) is 31.2 Å². The van der Waals surface area contributed by atoms with Crippen LogP contribution in [-0.2, 0) is 0 Å². The summed E-state index contributed by atoms with van der Waals surface area (Å²) in [6.45, 7) is 6.62. The zero-order chi connectivity index (χ0) is 7.90. The third kappa shape index (κ3) is 1.84. The van der Waals surface area contributed by atoms with Crippen molar-refractivity contribution in [2.75, 3.05) is 26.7 Å². The fourth-order valence-corrected chi connectivity index (χ4v) is 1.55. The number of rotatable bonds is 4. The quantitative estimate of drug-likeness (QED) is 0.327. The van der Waals surface area contributed by atoms with Gasteiger partial charge in [-0.1, -0.05) is 18.6 Å². The molecule has 0 amide bonds. The second-order valence-electron chi connectivity index (χ2n) is 4.46. The van der Waals surface area contributed by atoms with Gasteiger partial charge in [0.25, 0.3) is 0 Å². The van der Waals surface area contributed by atoms with Crippen LogP contribution in [0, 0.1) is 5.92 Å². The van der Waals surface area contributed by atoms with Crippen LogP contribution in [0.4, 0.5) is 0 Å². The molecule has 1 fully saturated rings. The number of allylic oxidation sites excluding steroid dienone is 2. The first-order valence-corrected chi connectivity index (χ1v) is 4.72. The van der Waals surface area contributed by atoms with Gasteiger partial charge in [-0.25, -0.2) is 0 Å². The lowest BCUT2D eigenvalue weighted by Gasteiger charge is -2.13. The van der Waals surface area contributed by atoms with E-state index >= 15 is 0 Å². The zero-order valence-electron chi connectivity index (χ0n) is 7.64. The predicted molar refractivity (Wildman–Crippen MR) is 47.3 cm³/mol. The molecule has 11 heavy (non-hydrogen) atoms. The summed E-state index contributed by atoms with van der Waals surface area (Å²) in [7, 11) is 2.37. The van der Waals surface area contributed by atoms with Crippen LogP contribution in [0.3, 0.4) is 0 Å². The van der Waals surface area contributed by atoms with E-state index in [2.05, 4.69) is 20.0 Å². The van der Waals surface area contributed by atoms with E-state index < -0.39 is 0 Å². The summed E-state index contributed by atoms with van der Waals surface area (Å²) in [5.74, 6) is 0.880. The van der Waals surface area contributed by atoms with E-state index in [4.69, 9.17) is 0 Å². The number of hydrogen-bond donors (Lipinski definition) is 0. The van der Waals surface area contributed by atoms with Crippen molar-refractivity contribution in [3.05, 3.63) is 11.6 Å². The summed E-state index contributed by atoms with van der Waals surface area (Å²) in [5, 5.41) is 0. The molecule has 1 aliphatic heterocycles. The van der Waals surface area contributed by atoms with Crippen molar-refractivity contribution >= 4 is 0 Å². The molecule has 0 N–H and O–H groups in total. The van der Waals surface area contributed by atoms with Gasteiger partial charge < -0.3 is 4.48 Å². The van der Waals surface area contributed by atoms with Crippen LogP contribution >= 0.6 is 0 Å². The third-order valence-corrected chi connectivity index (χ3v) is 3.16. The molecule has 0 aromatic carbocycles. The molecule has 62 valence electrons. The summed E-state index contributed by atoms with van der Waals surface area (Å²) in [5.41, 5.74) is 1.71. The summed E-state index contributed by atoms with van der Waals surface area (Å²) in [6.07, 6.45) is 5.08. The first-order chi connectivity index (χ1) is 5.20. The molecular formula is C10H18N+. The highest BCUT2D eigenvalue weighted by atomic mass is 15.4. The highest BCUT2D eigenvalue weighted by Crippen LogP contribution is 2.31. The molecule has 0 radical (unpaired) electrons. The van der Waals surface area contributed by atoms with Crippen molar-refractivity contribution in [1.82, 2.24) is 0 Å². The van der Waals surface area contributed by atoms with Gasteiger partial charge in [-0.15, -0.1) is 0 Å². The van der Waals surface area contributed by atoms with Crippen molar-refractivity contribution in [2.45, 2.75) is 19.8 Å². The molecule has 1 aliphatic carbocycles. The van der Waals surface area contributed by atoms with Gasteiger partial charge in [-0.2, -0.15) is 0 Å². The van der Waals surface area contributed by atoms with Crippen molar-refractivity contribution < 1.29 is 4.48 Å². The lowest BCUT2D eigenvalue weighted by molar-refractivity contribution is -0.777. The predicted octanol–water partition coefficient (Wildman–Crippen LogP) is 1.80. The molecule has 0 bridgehead atoms. The lowest BCUT2D eigenvalue weighted by Crippen LogP contribution is -2.22.